The first-order valence-electron chi connectivity index (χ1n) is 16.6. The van der Waals surface area contributed by atoms with Gasteiger partial charge in [0.1, 0.15) is 11.5 Å². The number of anilines is 1. The van der Waals surface area contributed by atoms with Crippen LogP contribution in [0.25, 0.3) is 0 Å². The average Bonchev–Trinajstić information content (AvgIpc) is 3.05. The van der Waals surface area contributed by atoms with Gasteiger partial charge in [-0.05, 0) is 103 Å². The lowest BCUT2D eigenvalue weighted by Crippen LogP contribution is -2.48. The number of fused-ring (bicyclic) bond motifs is 1. The molecule has 0 fully saturated rings. The first kappa shape index (κ1) is 39.1. The highest BCUT2D eigenvalue weighted by atomic mass is 32.2. The summed E-state index contributed by atoms with van der Waals surface area (Å²) in [7, 11) is 3.25. The van der Waals surface area contributed by atoms with Crippen LogP contribution >= 0.6 is 0 Å². The van der Waals surface area contributed by atoms with Gasteiger partial charge in [-0.25, -0.2) is 8.42 Å². The van der Waals surface area contributed by atoms with E-state index in [9.17, 15) is 23.1 Å². The summed E-state index contributed by atoms with van der Waals surface area (Å²) < 4.78 is 46.8. The highest BCUT2D eigenvalue weighted by Crippen LogP contribution is 2.30. The van der Waals surface area contributed by atoms with Gasteiger partial charge in [-0.15, -0.1) is 0 Å². The molecule has 1 aliphatic heterocycles. The molecule has 2 aromatic carbocycles. The molecule has 0 spiro atoms. The molecule has 3 rings (SSSR count). The van der Waals surface area contributed by atoms with Gasteiger partial charge in [0, 0.05) is 44.8 Å². The topological polar surface area (TPSA) is 138 Å². The number of carbonyl (C=O) groups is 2. The number of methoxy groups -OCH3 is 1. The van der Waals surface area contributed by atoms with Crippen LogP contribution in [0.3, 0.4) is 0 Å². The van der Waals surface area contributed by atoms with Crippen LogP contribution in [0.15, 0.2) is 47.4 Å². The third kappa shape index (κ3) is 11.4. The van der Waals surface area contributed by atoms with E-state index in [-0.39, 0.29) is 53.3 Å². The fourth-order valence-electron chi connectivity index (χ4n) is 5.53. The van der Waals surface area contributed by atoms with Crippen molar-refractivity contribution >= 4 is 27.5 Å². The van der Waals surface area contributed by atoms with Crippen molar-refractivity contribution in [3.8, 4) is 11.5 Å². The maximum Gasteiger partial charge on any atom is 0.261 e. The second-order valence-electron chi connectivity index (χ2n) is 13.0. The predicted molar refractivity (Wildman–Crippen MR) is 186 cm³/mol. The number of nitrogens with one attached hydrogen (secondary N) is 1. The van der Waals surface area contributed by atoms with E-state index < -0.39 is 22.0 Å². The minimum absolute atomic E-state index is 0.0354. The SMILES string of the molecule is COc1ccc(S(=O)(=O)Nc2ccc3c(c2)C(=O)N([C@@H](C)CO)C[C@H](C)[C@H](CN(C)C(=O)CCCN(C)C)OCCCC[C@H](C)O3)cc1. The maximum absolute atomic E-state index is 14.4. The number of amides is 2. The first-order chi connectivity index (χ1) is 22.7. The lowest BCUT2D eigenvalue weighted by molar-refractivity contribution is -0.132. The normalized spacial score (nSPS) is 20.3. The van der Waals surface area contributed by atoms with Crippen LogP contribution < -0.4 is 14.2 Å². The second-order valence-corrected chi connectivity index (χ2v) is 14.7. The van der Waals surface area contributed by atoms with Crippen molar-refractivity contribution in [2.75, 3.05) is 65.8 Å². The molecule has 1 heterocycles. The number of nitrogens with zero attached hydrogens (tertiary/aromatic N) is 3. The van der Waals surface area contributed by atoms with Crippen LogP contribution in [-0.2, 0) is 19.6 Å². The van der Waals surface area contributed by atoms with E-state index in [1.54, 1.807) is 48.0 Å². The summed E-state index contributed by atoms with van der Waals surface area (Å²) in [4.78, 5) is 32.7. The molecule has 12 nitrogen and oxygen atoms in total. The number of sulfonamides is 1. The number of aliphatic hydroxyl groups excluding tert-OH is 1. The molecule has 0 saturated carbocycles. The predicted octanol–water partition coefficient (Wildman–Crippen LogP) is 4.09. The number of aliphatic hydroxyl groups is 1. The Bertz CT molecular complexity index is 1440. The van der Waals surface area contributed by atoms with Gasteiger partial charge in [-0.2, -0.15) is 0 Å². The van der Waals surface area contributed by atoms with E-state index in [0.717, 1.165) is 25.8 Å². The fraction of sp³-hybridized carbons (Fsp3) is 0.600. The summed E-state index contributed by atoms with van der Waals surface area (Å²) in [5.74, 6) is 0.266. The summed E-state index contributed by atoms with van der Waals surface area (Å²) in [5, 5.41) is 10.2. The average molecular weight is 691 g/mol. The largest absolute Gasteiger partial charge is 0.497 e. The van der Waals surface area contributed by atoms with Crippen molar-refractivity contribution in [1.29, 1.82) is 0 Å². The summed E-state index contributed by atoms with van der Waals surface area (Å²) in [6.45, 7) is 7.29. The minimum Gasteiger partial charge on any atom is -0.497 e. The number of hydrogen-bond donors (Lipinski definition) is 2. The Hall–Kier alpha value is -3.39. The molecule has 13 heteroatoms. The zero-order valence-electron chi connectivity index (χ0n) is 29.5. The smallest absolute Gasteiger partial charge is 0.261 e. The molecule has 0 aromatic heterocycles. The van der Waals surface area contributed by atoms with Crippen LogP contribution in [0.4, 0.5) is 5.69 Å². The third-order valence-electron chi connectivity index (χ3n) is 8.55. The molecule has 0 unspecified atom stereocenters. The maximum atomic E-state index is 14.4. The third-order valence-corrected chi connectivity index (χ3v) is 9.95. The van der Waals surface area contributed by atoms with Gasteiger partial charge < -0.3 is 34.0 Å². The molecule has 1 aliphatic rings. The van der Waals surface area contributed by atoms with Crippen molar-refractivity contribution < 1.29 is 37.3 Å². The van der Waals surface area contributed by atoms with Crippen LogP contribution in [0.2, 0.25) is 0 Å². The Balaban J connectivity index is 1.93. The number of rotatable bonds is 12. The monoisotopic (exact) mass is 690 g/mol. The molecular weight excluding hydrogens is 636 g/mol. The molecule has 48 heavy (non-hydrogen) atoms. The molecule has 2 amide bonds. The summed E-state index contributed by atoms with van der Waals surface area (Å²) in [6.07, 6.45) is 2.94. The Morgan fingerprint density at radius 3 is 2.48 bits per heavy atom. The van der Waals surface area contributed by atoms with Gasteiger partial charge in [0.2, 0.25) is 5.91 Å². The van der Waals surface area contributed by atoms with E-state index >= 15 is 0 Å². The molecular formula is C35H54N4O8S. The molecule has 0 radical (unpaired) electrons. The van der Waals surface area contributed by atoms with Crippen molar-refractivity contribution in [3.05, 3.63) is 48.0 Å². The Labute approximate surface area is 286 Å². The summed E-state index contributed by atoms with van der Waals surface area (Å²) >= 11 is 0. The van der Waals surface area contributed by atoms with Crippen molar-refractivity contribution in [2.45, 2.75) is 76.0 Å². The fourth-order valence-corrected chi connectivity index (χ4v) is 6.58. The van der Waals surface area contributed by atoms with Gasteiger partial charge in [-0.1, -0.05) is 6.92 Å². The van der Waals surface area contributed by atoms with Gasteiger partial charge in [-0.3, -0.25) is 14.3 Å². The second kappa shape index (κ2) is 18.4. The Morgan fingerprint density at radius 1 is 1.12 bits per heavy atom. The standard InChI is InChI=1S/C35H54N4O8S/c1-25-22-39(26(2)24-40)35(42)31-21-28(36-48(43,44)30-16-14-29(45-7)15-17-30)13-18-32(31)47-27(3)11-8-9-20-46-33(25)23-38(6)34(41)12-10-19-37(4)5/h13-18,21,25-27,33,36,40H,8-12,19-20,22-24H2,1-7H3/t25-,26-,27-,33-/m0/s1. The zero-order valence-corrected chi connectivity index (χ0v) is 30.3. The van der Waals surface area contributed by atoms with Crippen molar-refractivity contribution in [1.82, 2.24) is 14.7 Å². The summed E-state index contributed by atoms with van der Waals surface area (Å²) in [6, 6.07) is 10.1. The zero-order chi connectivity index (χ0) is 35.4. The first-order valence-corrected chi connectivity index (χ1v) is 18.1. The molecule has 0 aliphatic carbocycles. The number of carbonyl (C=O) groups excluding carboxylic acids is 2. The number of benzene rings is 2. The molecule has 268 valence electrons. The van der Waals surface area contributed by atoms with Gasteiger partial charge >= 0.3 is 0 Å². The van der Waals surface area contributed by atoms with E-state index in [0.29, 0.717) is 37.5 Å². The molecule has 0 bridgehead atoms. The lowest BCUT2D eigenvalue weighted by Gasteiger charge is -2.36. The highest BCUT2D eigenvalue weighted by Gasteiger charge is 2.31. The van der Waals surface area contributed by atoms with Gasteiger partial charge in [0.25, 0.3) is 15.9 Å². The molecule has 2 aromatic rings. The van der Waals surface area contributed by atoms with Crippen LogP contribution in [0, 0.1) is 5.92 Å². The minimum atomic E-state index is -3.98. The van der Waals surface area contributed by atoms with E-state index in [4.69, 9.17) is 14.2 Å². The van der Waals surface area contributed by atoms with Crippen LogP contribution in [0.5, 0.6) is 11.5 Å². The van der Waals surface area contributed by atoms with Crippen molar-refractivity contribution in [3.63, 3.8) is 0 Å². The van der Waals surface area contributed by atoms with Crippen molar-refractivity contribution in [2.24, 2.45) is 5.92 Å². The van der Waals surface area contributed by atoms with Gasteiger partial charge in [0.15, 0.2) is 0 Å². The number of likely N-dealkylation sites (N-methyl/N-ethyl adjacent to an activating group) is 1. The summed E-state index contributed by atoms with van der Waals surface area (Å²) in [5.41, 5.74) is 0.363. The molecule has 0 saturated heterocycles. The lowest BCUT2D eigenvalue weighted by atomic mass is 10.0. The van der Waals surface area contributed by atoms with Crippen LogP contribution in [0.1, 0.15) is 63.2 Å². The Kier molecular flexibility index (Phi) is 15.0. The number of ether oxygens (including phenoxy) is 3. The van der Waals surface area contributed by atoms with Gasteiger partial charge in [0.05, 0.1) is 42.4 Å². The van der Waals surface area contributed by atoms with E-state index in [2.05, 4.69) is 4.72 Å². The van der Waals surface area contributed by atoms with E-state index in [1.807, 2.05) is 32.8 Å². The number of hydrogen-bond acceptors (Lipinski definition) is 9. The molecule has 2 N–H and O–H groups in total. The molecule has 4 atom stereocenters. The highest BCUT2D eigenvalue weighted by molar-refractivity contribution is 7.92. The Morgan fingerprint density at radius 2 is 1.83 bits per heavy atom. The quantitative estimate of drug-likeness (QED) is 0.337. The van der Waals surface area contributed by atoms with Crippen LogP contribution in [-0.4, -0.2) is 119 Å². The van der Waals surface area contributed by atoms with E-state index in [1.165, 1.54) is 25.3 Å².